The van der Waals surface area contributed by atoms with Gasteiger partial charge in [0.1, 0.15) is 11.5 Å². The van der Waals surface area contributed by atoms with Crippen LogP contribution in [0.1, 0.15) is 114 Å². The number of allylic oxidation sites excluding steroid dienone is 2. The molecule has 2 aromatic carbocycles. The van der Waals surface area contributed by atoms with Gasteiger partial charge in [-0.05, 0) is 111 Å². The lowest BCUT2D eigenvalue weighted by atomic mass is 9.74. The van der Waals surface area contributed by atoms with Gasteiger partial charge in [-0.1, -0.05) is 6.08 Å². The van der Waals surface area contributed by atoms with E-state index >= 15 is 0 Å². The van der Waals surface area contributed by atoms with E-state index in [1.165, 1.54) is 6.07 Å². The first-order chi connectivity index (χ1) is 23.4. The summed E-state index contributed by atoms with van der Waals surface area (Å²) in [7, 11) is 7.46. The lowest BCUT2D eigenvalue weighted by Gasteiger charge is -2.49. The second-order valence-corrected chi connectivity index (χ2v) is 14.9. The van der Waals surface area contributed by atoms with Crippen molar-refractivity contribution in [2.24, 2.45) is 0 Å². The summed E-state index contributed by atoms with van der Waals surface area (Å²) in [5, 5.41) is 34.5. The fourth-order valence-electron chi connectivity index (χ4n) is 8.00. The molecule has 1 aromatic heterocycles. The van der Waals surface area contributed by atoms with Gasteiger partial charge < -0.3 is 39.0 Å². The van der Waals surface area contributed by atoms with Gasteiger partial charge in [-0.25, -0.2) is 0 Å². The van der Waals surface area contributed by atoms with Gasteiger partial charge in [0.2, 0.25) is 5.78 Å². The van der Waals surface area contributed by atoms with Crippen molar-refractivity contribution in [3.8, 4) is 5.75 Å². The number of aryl methyl sites for hydroxylation is 1. The first kappa shape index (κ1) is 36.1. The molecule has 3 aliphatic rings. The molecule has 0 bridgehead atoms. The first-order valence-electron chi connectivity index (χ1n) is 17.2. The standard InChI is InChI=1S/C39H48N2O9/c1-11-17(2)26-15-25(42)29-18(3)12-23-31(37(29)50-26)36(46)32-30(35(23)45)21(27-14-24(40(7)8)33(43)19(4)48-27)13-22(34(32)44)28-16-39(6,41(9)10)38(47)20(5)49-28/h11-13,15,19-20,24,27-28,33,38,43-44,47H,14,16H2,1-10H3/b17-11+/t19-,20-,24-,27-,28-,33+,38+,39+/m0/s1. The van der Waals surface area contributed by atoms with E-state index in [0.717, 1.165) is 0 Å². The summed E-state index contributed by atoms with van der Waals surface area (Å²) in [5.74, 6) is -1.31. The van der Waals surface area contributed by atoms with Crippen LogP contribution >= 0.6 is 0 Å². The number of phenolic OH excluding ortho intramolecular Hbond substituents is 1. The minimum absolute atomic E-state index is 0.0102. The highest BCUT2D eigenvalue weighted by Crippen LogP contribution is 2.49. The molecule has 2 fully saturated rings. The quantitative estimate of drug-likeness (QED) is 0.268. The largest absolute Gasteiger partial charge is 0.507 e. The highest BCUT2D eigenvalue weighted by molar-refractivity contribution is 6.33. The lowest BCUT2D eigenvalue weighted by Crippen LogP contribution is -2.59. The average Bonchev–Trinajstić information content (AvgIpc) is 3.05. The van der Waals surface area contributed by atoms with Crippen LogP contribution in [0.5, 0.6) is 5.75 Å². The highest BCUT2D eigenvalue weighted by Gasteiger charge is 2.49. The molecule has 50 heavy (non-hydrogen) atoms. The van der Waals surface area contributed by atoms with Gasteiger partial charge in [0, 0.05) is 34.3 Å². The number of hydrogen-bond donors (Lipinski definition) is 3. The van der Waals surface area contributed by atoms with E-state index in [1.807, 2.05) is 44.9 Å². The van der Waals surface area contributed by atoms with Gasteiger partial charge in [0.25, 0.3) is 0 Å². The molecule has 0 spiro atoms. The van der Waals surface area contributed by atoms with Crippen molar-refractivity contribution in [1.29, 1.82) is 0 Å². The molecule has 1 aliphatic carbocycles. The van der Waals surface area contributed by atoms with Gasteiger partial charge in [-0.3, -0.25) is 14.4 Å². The number of ketones is 2. The molecule has 0 radical (unpaired) electrons. The zero-order chi connectivity index (χ0) is 36.7. The van der Waals surface area contributed by atoms with Crippen LogP contribution in [0.15, 0.2) is 33.5 Å². The van der Waals surface area contributed by atoms with Crippen molar-refractivity contribution in [2.45, 2.75) is 103 Å². The third-order valence-electron chi connectivity index (χ3n) is 11.5. The molecule has 3 N–H and O–H groups in total. The summed E-state index contributed by atoms with van der Waals surface area (Å²) in [6.07, 6.45) is -2.05. The predicted octanol–water partition coefficient (Wildman–Crippen LogP) is 4.68. The lowest BCUT2D eigenvalue weighted by molar-refractivity contribution is -0.176. The summed E-state index contributed by atoms with van der Waals surface area (Å²) >= 11 is 0. The maximum atomic E-state index is 14.9. The molecular formula is C39H48N2O9. The van der Waals surface area contributed by atoms with Gasteiger partial charge in [-0.15, -0.1) is 0 Å². The Balaban J connectivity index is 1.65. The molecule has 268 valence electrons. The zero-order valence-corrected chi connectivity index (χ0v) is 30.5. The Morgan fingerprint density at radius 2 is 1.58 bits per heavy atom. The Morgan fingerprint density at radius 3 is 2.20 bits per heavy atom. The Kier molecular flexibility index (Phi) is 9.24. The maximum Gasteiger partial charge on any atom is 0.202 e. The van der Waals surface area contributed by atoms with E-state index in [1.54, 1.807) is 52.8 Å². The number of phenols is 1. The number of aromatic hydroxyl groups is 1. The van der Waals surface area contributed by atoms with E-state index in [0.29, 0.717) is 23.1 Å². The minimum Gasteiger partial charge on any atom is -0.507 e. The van der Waals surface area contributed by atoms with Gasteiger partial charge in [-0.2, -0.15) is 0 Å². The van der Waals surface area contributed by atoms with E-state index in [9.17, 15) is 29.7 Å². The van der Waals surface area contributed by atoms with Crippen LogP contribution in [0.2, 0.25) is 0 Å². The Morgan fingerprint density at radius 1 is 0.920 bits per heavy atom. The number of carbonyl (C=O) groups excluding carboxylic acids is 2. The van der Waals surface area contributed by atoms with Crippen molar-refractivity contribution >= 4 is 28.1 Å². The van der Waals surface area contributed by atoms with Crippen LogP contribution in [-0.2, 0) is 9.47 Å². The molecule has 11 heteroatoms. The van der Waals surface area contributed by atoms with Gasteiger partial charge in [0.15, 0.2) is 16.8 Å². The number of rotatable bonds is 5. The van der Waals surface area contributed by atoms with Crippen molar-refractivity contribution in [2.75, 3.05) is 28.2 Å². The van der Waals surface area contributed by atoms with Crippen molar-refractivity contribution in [3.63, 3.8) is 0 Å². The third kappa shape index (κ3) is 5.46. The monoisotopic (exact) mass is 688 g/mol. The van der Waals surface area contributed by atoms with Crippen LogP contribution in [0.3, 0.4) is 0 Å². The second kappa shape index (κ2) is 12.8. The van der Waals surface area contributed by atoms with Gasteiger partial charge in [0.05, 0.1) is 53.1 Å². The minimum atomic E-state index is -0.847. The SMILES string of the molecule is C/C=C(\C)c1cc(=O)c2c(C)cc3c(c2o1)C(=O)c1c(O)c([C@@H]2C[C@@](C)(N(C)C)[C@H](O)[C@H](C)O2)cc([C@@H]2C[C@H](N(C)C)[C@H](O)[C@H](C)O2)c1C3=O. The van der Waals surface area contributed by atoms with Crippen LogP contribution < -0.4 is 5.43 Å². The summed E-state index contributed by atoms with van der Waals surface area (Å²) < 4.78 is 19.0. The highest BCUT2D eigenvalue weighted by atomic mass is 16.5. The van der Waals surface area contributed by atoms with E-state index in [2.05, 4.69) is 0 Å². The third-order valence-corrected chi connectivity index (χ3v) is 11.5. The molecular weight excluding hydrogens is 640 g/mol. The number of aliphatic hydroxyl groups is 2. The molecule has 2 saturated heterocycles. The molecule has 0 unspecified atom stereocenters. The molecule has 8 atom stereocenters. The van der Waals surface area contributed by atoms with Crippen molar-refractivity contribution in [1.82, 2.24) is 9.80 Å². The molecule has 6 rings (SSSR count). The van der Waals surface area contributed by atoms with E-state index in [-0.39, 0.29) is 62.4 Å². The number of nitrogens with zero attached hydrogens (tertiary/aromatic N) is 2. The Hall–Kier alpha value is -3.71. The van der Waals surface area contributed by atoms with E-state index < -0.39 is 59.5 Å². The predicted molar refractivity (Wildman–Crippen MR) is 189 cm³/mol. The van der Waals surface area contributed by atoms with E-state index in [4.69, 9.17) is 13.9 Å². The van der Waals surface area contributed by atoms with Crippen LogP contribution in [0.25, 0.3) is 16.5 Å². The fraction of sp³-hybridized carbons (Fsp3) is 0.513. The zero-order valence-electron chi connectivity index (χ0n) is 30.5. The average molecular weight is 689 g/mol. The number of hydrogen-bond acceptors (Lipinski definition) is 11. The summed E-state index contributed by atoms with van der Waals surface area (Å²) in [5.41, 5.74) is 0.492. The summed E-state index contributed by atoms with van der Waals surface area (Å²) in [6, 6.07) is 4.29. The van der Waals surface area contributed by atoms with Crippen molar-refractivity contribution in [3.05, 3.63) is 79.2 Å². The number of ether oxygens (including phenoxy) is 2. The number of likely N-dealkylation sites (N-methyl/N-ethyl adjacent to an activating group) is 2. The van der Waals surface area contributed by atoms with Crippen LogP contribution in [-0.4, -0.2) is 101 Å². The van der Waals surface area contributed by atoms with Crippen molar-refractivity contribution < 1.29 is 38.8 Å². The first-order valence-corrected chi connectivity index (χ1v) is 17.2. The Labute approximate surface area is 292 Å². The molecule has 11 nitrogen and oxygen atoms in total. The smallest absolute Gasteiger partial charge is 0.202 e. The second-order valence-electron chi connectivity index (χ2n) is 14.9. The van der Waals surface area contributed by atoms with Crippen LogP contribution in [0, 0.1) is 6.92 Å². The number of benzene rings is 2. The van der Waals surface area contributed by atoms with Crippen LogP contribution in [0.4, 0.5) is 0 Å². The summed E-state index contributed by atoms with van der Waals surface area (Å²) in [4.78, 5) is 47.0. The number of carbonyl (C=O) groups is 2. The number of aliphatic hydroxyl groups excluding tert-OH is 2. The Bertz CT molecular complexity index is 2000. The molecule has 0 amide bonds. The number of fused-ring (bicyclic) bond motifs is 4. The molecule has 0 saturated carbocycles. The topological polar surface area (TPSA) is 150 Å². The normalized spacial score (nSPS) is 30.3. The fourth-order valence-corrected chi connectivity index (χ4v) is 8.00. The summed E-state index contributed by atoms with van der Waals surface area (Å²) in [6.45, 7) is 10.7. The molecule has 2 aliphatic heterocycles. The van der Waals surface area contributed by atoms with Gasteiger partial charge >= 0.3 is 0 Å². The molecule has 3 heterocycles. The maximum absolute atomic E-state index is 14.9. The molecule has 3 aromatic rings.